The number of ketones is 2. The number of aliphatic imine (C=N–C) groups is 1. The van der Waals surface area contributed by atoms with E-state index in [1.807, 2.05) is 73.7 Å². The number of ether oxygens (including phenoxy) is 2. The first-order valence-corrected chi connectivity index (χ1v) is 19.9. The number of nitrogens with zero attached hydrogens (tertiary/aromatic N) is 5. The lowest BCUT2D eigenvalue weighted by molar-refractivity contribution is -0.119. The Hall–Kier alpha value is -5.14. The van der Waals surface area contributed by atoms with Gasteiger partial charge in [0, 0.05) is 65.0 Å². The predicted molar refractivity (Wildman–Crippen MR) is 230 cm³/mol. The fourth-order valence-corrected chi connectivity index (χ4v) is 8.65. The van der Waals surface area contributed by atoms with Gasteiger partial charge in [-0.15, -0.1) is 21.5 Å². The number of rotatable bonds is 14. The largest absolute Gasteiger partial charge is 0.491 e. The van der Waals surface area contributed by atoms with Crippen LogP contribution in [-0.4, -0.2) is 63.4 Å². The summed E-state index contributed by atoms with van der Waals surface area (Å²) in [5.41, 5.74) is 9.10. The molecule has 13 heteroatoms. The van der Waals surface area contributed by atoms with E-state index in [1.165, 1.54) is 4.88 Å². The Morgan fingerprint density at radius 3 is 2.51 bits per heavy atom. The number of carbonyl (C=O) groups excluding carboxylic acids is 2. The fourth-order valence-electron chi connectivity index (χ4n) is 7.31. The molecule has 3 aromatic carbocycles. The lowest BCUT2D eigenvalue weighted by atomic mass is 9.99. The van der Waals surface area contributed by atoms with Crippen LogP contribution in [-0.2, 0) is 33.6 Å². The first-order chi connectivity index (χ1) is 27.2. The van der Waals surface area contributed by atoms with Gasteiger partial charge in [-0.25, -0.2) is 4.98 Å². The zero-order chi connectivity index (χ0) is 38.8. The van der Waals surface area contributed by atoms with Gasteiger partial charge in [-0.3, -0.25) is 19.1 Å². The van der Waals surface area contributed by atoms with E-state index >= 15 is 0 Å². The highest BCUT2D eigenvalue weighted by Crippen LogP contribution is 2.40. The zero-order valence-corrected chi connectivity index (χ0v) is 34.5. The van der Waals surface area contributed by atoms with Crippen LogP contribution < -0.4 is 10.1 Å². The molecule has 0 saturated heterocycles. The Morgan fingerprint density at radius 1 is 0.930 bits per heavy atom. The molecule has 0 radical (unpaired) electrons. The smallest absolute Gasteiger partial charge is 0.163 e. The summed E-state index contributed by atoms with van der Waals surface area (Å²) in [6.45, 7) is 8.03. The number of thiophene rings is 1. The minimum absolute atomic E-state index is 0. The molecule has 10 nitrogen and oxygen atoms in total. The number of fused-ring (bicyclic) bond motifs is 4. The van der Waals surface area contributed by atoms with Gasteiger partial charge in [-0.05, 0) is 85.0 Å². The quantitative estimate of drug-likeness (QED) is 0.109. The number of halogens is 1. The monoisotopic (exact) mass is 818 g/mol. The molecule has 0 unspecified atom stereocenters. The molecule has 6 aromatic rings. The lowest BCUT2D eigenvalue weighted by Crippen LogP contribution is -2.14. The molecular formula is C44H43ClN6O4S2. The Bertz CT molecular complexity index is 2460. The van der Waals surface area contributed by atoms with Crippen molar-refractivity contribution >= 4 is 59.5 Å². The van der Waals surface area contributed by atoms with Gasteiger partial charge >= 0.3 is 0 Å². The van der Waals surface area contributed by atoms with Gasteiger partial charge in [0.15, 0.2) is 5.82 Å². The van der Waals surface area contributed by atoms with Crippen molar-refractivity contribution in [1.29, 1.82) is 0 Å². The van der Waals surface area contributed by atoms with E-state index < -0.39 is 6.04 Å². The molecule has 57 heavy (non-hydrogen) atoms. The Kier molecular flexibility index (Phi) is 12.3. The van der Waals surface area contributed by atoms with Crippen molar-refractivity contribution in [2.45, 2.75) is 52.5 Å². The summed E-state index contributed by atoms with van der Waals surface area (Å²) in [6.07, 6.45) is 3.23. The van der Waals surface area contributed by atoms with E-state index in [4.69, 9.17) is 26.1 Å². The Morgan fingerprint density at radius 2 is 1.70 bits per heavy atom. The lowest BCUT2D eigenvalue weighted by Gasteiger charge is -2.13. The molecule has 1 atom stereocenters. The third-order valence-electron chi connectivity index (χ3n) is 10.2. The summed E-state index contributed by atoms with van der Waals surface area (Å²) in [7, 11) is 0. The van der Waals surface area contributed by atoms with E-state index in [2.05, 4.69) is 51.0 Å². The van der Waals surface area contributed by atoms with Crippen molar-refractivity contribution in [2.75, 3.05) is 31.7 Å². The number of Topliss-reactive ketones (excluding diaryl/α,β-unsaturated/α-hetero) is 2. The molecule has 8 rings (SSSR count). The van der Waals surface area contributed by atoms with Gasteiger partial charge in [0.2, 0.25) is 0 Å². The average Bonchev–Trinajstić information content (AvgIpc) is 3.83. The Labute approximate surface area is 347 Å². The minimum atomic E-state index is -0.505. The predicted octanol–water partition coefficient (Wildman–Crippen LogP) is 8.35. The highest BCUT2D eigenvalue weighted by atomic mass is 35.5. The maximum Gasteiger partial charge on any atom is 0.163 e. The average molecular weight is 819 g/mol. The van der Waals surface area contributed by atoms with Crippen molar-refractivity contribution in [3.05, 3.63) is 140 Å². The SMILES string of the molecule is Cc1sc2c(c1C)C(c1ccc(Cl)cc1)=N[C@@H](CC(=O)Cc1ccc(OCCOCCNc3ncccc3-c3ccc4c(c3)CC(=O)C4)cc1)c1nnc(C)n1-2.S. The molecule has 0 fully saturated rings. The third kappa shape index (κ3) is 8.74. The fraction of sp³-hybridized carbons (Fsp3) is 0.273. The molecule has 4 heterocycles. The number of hydrogen-bond donors (Lipinski definition) is 1. The first-order valence-electron chi connectivity index (χ1n) is 18.7. The van der Waals surface area contributed by atoms with Gasteiger partial charge in [0.1, 0.15) is 46.6 Å². The molecule has 0 amide bonds. The first kappa shape index (κ1) is 40.1. The van der Waals surface area contributed by atoms with Crippen LogP contribution in [0.15, 0.2) is 90.1 Å². The second kappa shape index (κ2) is 17.6. The summed E-state index contributed by atoms with van der Waals surface area (Å²) in [5, 5.41) is 14.0. The summed E-state index contributed by atoms with van der Waals surface area (Å²) in [4.78, 5) is 36.5. The highest BCUT2D eigenvalue weighted by molar-refractivity contribution is 7.59. The molecule has 3 aromatic heterocycles. The molecule has 2 aliphatic rings. The van der Waals surface area contributed by atoms with Crippen LogP contribution in [0.3, 0.4) is 0 Å². The van der Waals surface area contributed by atoms with Crippen molar-refractivity contribution < 1.29 is 19.1 Å². The molecule has 0 bridgehead atoms. The van der Waals surface area contributed by atoms with E-state index in [0.717, 1.165) is 66.9 Å². The molecule has 1 N–H and O–H groups in total. The van der Waals surface area contributed by atoms with Crippen LogP contribution in [0.2, 0.25) is 5.02 Å². The van der Waals surface area contributed by atoms with E-state index in [1.54, 1.807) is 17.5 Å². The number of nitrogens with one attached hydrogen (secondary N) is 1. The highest BCUT2D eigenvalue weighted by Gasteiger charge is 2.32. The van der Waals surface area contributed by atoms with Crippen LogP contribution in [0.1, 0.15) is 62.4 Å². The second-order valence-electron chi connectivity index (χ2n) is 14.1. The minimum Gasteiger partial charge on any atom is -0.491 e. The number of anilines is 1. The van der Waals surface area contributed by atoms with Gasteiger partial charge in [0.25, 0.3) is 0 Å². The van der Waals surface area contributed by atoms with Gasteiger partial charge in [-0.1, -0.05) is 54.1 Å². The van der Waals surface area contributed by atoms with Crippen molar-refractivity contribution in [3.8, 4) is 21.9 Å². The number of benzene rings is 3. The topological polar surface area (TPSA) is 121 Å². The van der Waals surface area contributed by atoms with Crippen molar-refractivity contribution in [3.63, 3.8) is 0 Å². The van der Waals surface area contributed by atoms with E-state index in [0.29, 0.717) is 55.8 Å². The van der Waals surface area contributed by atoms with Crippen LogP contribution in [0.25, 0.3) is 16.1 Å². The molecule has 1 aliphatic heterocycles. The van der Waals surface area contributed by atoms with Crippen LogP contribution in [0.4, 0.5) is 5.82 Å². The second-order valence-corrected chi connectivity index (χ2v) is 15.8. The molecule has 0 spiro atoms. The van der Waals surface area contributed by atoms with Gasteiger partial charge in [0.05, 0.1) is 18.9 Å². The van der Waals surface area contributed by atoms with Crippen molar-refractivity contribution in [1.82, 2.24) is 19.7 Å². The zero-order valence-electron chi connectivity index (χ0n) is 32.0. The Balaban J connectivity index is 0.00000496. The van der Waals surface area contributed by atoms with Gasteiger partial charge in [-0.2, -0.15) is 13.5 Å². The number of aromatic nitrogens is 4. The molecule has 0 saturated carbocycles. The van der Waals surface area contributed by atoms with Gasteiger partial charge < -0.3 is 14.8 Å². The maximum absolute atomic E-state index is 13.6. The van der Waals surface area contributed by atoms with Crippen LogP contribution >= 0.6 is 36.4 Å². The standard InChI is InChI=1S/C44H41ClN6O4S.H2S/c1-26-27(2)56-44-40(26)41(30-10-12-34(45)13-11-30)48-39(43-50-49-28(3)51(43)44)25-35(52)21-29-6-14-37(15-7-29)55-20-19-54-18-17-47-42-38(5-4-16-46-42)32-9-8-31-23-36(53)24-33(31)22-32;/h4-16,22,39H,17-21,23-25H2,1-3H3,(H,46,47);1H2/t39-;/m0./s1. The van der Waals surface area contributed by atoms with Crippen LogP contribution in [0.5, 0.6) is 5.75 Å². The summed E-state index contributed by atoms with van der Waals surface area (Å²) in [5.74, 6) is 3.23. The number of hydrogen-bond acceptors (Lipinski definition) is 10. The maximum atomic E-state index is 13.6. The van der Waals surface area contributed by atoms with Crippen LogP contribution in [0, 0.1) is 20.8 Å². The third-order valence-corrected chi connectivity index (χ3v) is 11.7. The number of carbonyl (C=O) groups is 2. The van der Waals surface area contributed by atoms with E-state index in [-0.39, 0.29) is 37.9 Å². The normalized spacial score (nSPS) is 14.2. The molecular weight excluding hydrogens is 776 g/mol. The van der Waals surface area contributed by atoms with Crippen molar-refractivity contribution in [2.24, 2.45) is 4.99 Å². The molecule has 1 aliphatic carbocycles. The molecule has 292 valence electrons. The number of aryl methyl sites for hydroxylation is 2. The summed E-state index contributed by atoms with van der Waals surface area (Å²) in [6, 6.07) is 24.9. The van der Waals surface area contributed by atoms with E-state index in [9.17, 15) is 9.59 Å². The summed E-state index contributed by atoms with van der Waals surface area (Å²) < 4.78 is 13.8. The number of pyridine rings is 1. The summed E-state index contributed by atoms with van der Waals surface area (Å²) >= 11 is 7.94.